The Kier molecular flexibility index (Phi) is 2.21. The van der Waals surface area contributed by atoms with Crippen LogP contribution in [0, 0.1) is 0 Å². The fraction of sp³-hybridized carbons (Fsp3) is 0.222. The van der Waals surface area contributed by atoms with E-state index < -0.39 is 0 Å². The molecule has 0 aromatic carbocycles. The van der Waals surface area contributed by atoms with Crippen molar-refractivity contribution in [2.75, 3.05) is 0 Å². The summed E-state index contributed by atoms with van der Waals surface area (Å²) in [7, 11) is 0. The second-order valence-electron chi connectivity index (χ2n) is 2.19. The van der Waals surface area contributed by atoms with E-state index in [4.69, 9.17) is 0 Å². The van der Waals surface area contributed by atoms with Crippen molar-refractivity contribution in [3.8, 4) is 0 Å². The summed E-state index contributed by atoms with van der Waals surface area (Å²) in [5.41, 5.74) is 2.28. The van der Waals surface area contributed by atoms with Crippen LogP contribution in [0.2, 0.25) is 0 Å². The average Bonchev–Trinajstić information content (AvgIpc) is 2.05. The number of rotatable bonds is 1. The molecule has 0 aliphatic carbocycles. The molecule has 1 heterocycles. The van der Waals surface area contributed by atoms with Gasteiger partial charge < -0.3 is 0 Å². The highest BCUT2D eigenvalue weighted by atomic mass is 14.7. The lowest BCUT2D eigenvalue weighted by molar-refractivity contribution is 1.26. The molecule has 0 unspecified atom stereocenters. The lowest BCUT2D eigenvalue weighted by atomic mass is 10.2. The van der Waals surface area contributed by atoms with Crippen molar-refractivity contribution in [2.24, 2.45) is 0 Å². The first-order valence-electron chi connectivity index (χ1n) is 3.39. The topological polar surface area (TPSA) is 12.9 Å². The molecule has 1 rings (SSSR count). The van der Waals surface area contributed by atoms with Gasteiger partial charge >= 0.3 is 0 Å². The fourth-order valence-corrected chi connectivity index (χ4v) is 0.744. The number of nitrogens with zero attached hydrogens (tertiary/aromatic N) is 1. The van der Waals surface area contributed by atoms with Crippen LogP contribution in [0.1, 0.15) is 19.5 Å². The molecule has 1 aromatic rings. The lowest BCUT2D eigenvalue weighted by Crippen LogP contribution is -1.81. The predicted molar refractivity (Wildman–Crippen MR) is 43.6 cm³/mol. The molecule has 0 amide bonds. The summed E-state index contributed by atoms with van der Waals surface area (Å²) >= 11 is 0. The minimum absolute atomic E-state index is 1.06. The van der Waals surface area contributed by atoms with Gasteiger partial charge in [0.1, 0.15) is 0 Å². The summed E-state index contributed by atoms with van der Waals surface area (Å²) in [5.74, 6) is 0. The van der Waals surface area contributed by atoms with Crippen molar-refractivity contribution in [1.29, 1.82) is 0 Å². The van der Waals surface area contributed by atoms with E-state index in [1.807, 2.05) is 31.3 Å². The van der Waals surface area contributed by atoms with Crippen LogP contribution in [-0.4, -0.2) is 4.98 Å². The van der Waals surface area contributed by atoms with Gasteiger partial charge in [-0.15, -0.1) is 0 Å². The molecule has 1 aromatic heterocycles. The molecule has 52 valence electrons. The van der Waals surface area contributed by atoms with E-state index in [1.54, 1.807) is 0 Å². The maximum absolute atomic E-state index is 4.18. The lowest BCUT2D eigenvalue weighted by Gasteiger charge is -1.95. The largest absolute Gasteiger partial charge is 0.257 e. The first-order chi connectivity index (χ1) is 4.84. The van der Waals surface area contributed by atoms with Crippen molar-refractivity contribution in [1.82, 2.24) is 4.98 Å². The van der Waals surface area contributed by atoms with Gasteiger partial charge in [0, 0.05) is 6.20 Å². The van der Waals surface area contributed by atoms with Crippen molar-refractivity contribution in [2.45, 2.75) is 13.8 Å². The third-order valence-electron chi connectivity index (χ3n) is 1.50. The Labute approximate surface area is 61.4 Å². The predicted octanol–water partition coefficient (Wildman–Crippen LogP) is 2.50. The zero-order valence-corrected chi connectivity index (χ0v) is 6.33. The molecule has 0 N–H and O–H groups in total. The second kappa shape index (κ2) is 3.16. The van der Waals surface area contributed by atoms with Gasteiger partial charge in [-0.2, -0.15) is 0 Å². The van der Waals surface area contributed by atoms with E-state index in [2.05, 4.69) is 18.0 Å². The zero-order valence-electron chi connectivity index (χ0n) is 6.33. The Bertz CT molecular complexity index is 224. The molecule has 0 spiro atoms. The fourth-order valence-electron chi connectivity index (χ4n) is 0.744. The van der Waals surface area contributed by atoms with Gasteiger partial charge in [0.15, 0.2) is 0 Å². The van der Waals surface area contributed by atoms with Crippen molar-refractivity contribution in [3.05, 3.63) is 36.2 Å². The van der Waals surface area contributed by atoms with Crippen LogP contribution in [0.4, 0.5) is 0 Å². The Morgan fingerprint density at radius 2 is 2.30 bits per heavy atom. The average molecular weight is 133 g/mol. The standard InChI is InChI=1S/C9H11N/c1-3-8(2)9-6-4-5-7-10-9/h3-7H,1-2H3/b8-3+. The normalized spacial score (nSPS) is 11.6. The molecule has 0 radical (unpaired) electrons. The van der Waals surface area contributed by atoms with Crippen LogP contribution in [0.5, 0.6) is 0 Å². The molecule has 1 heteroatoms. The van der Waals surface area contributed by atoms with E-state index in [0.29, 0.717) is 0 Å². The molecule has 0 aliphatic heterocycles. The smallest absolute Gasteiger partial charge is 0.0655 e. The maximum atomic E-state index is 4.18. The maximum Gasteiger partial charge on any atom is 0.0655 e. The van der Waals surface area contributed by atoms with Gasteiger partial charge in [0.2, 0.25) is 0 Å². The van der Waals surface area contributed by atoms with Crippen LogP contribution in [0.15, 0.2) is 30.5 Å². The highest BCUT2D eigenvalue weighted by Gasteiger charge is 1.90. The highest BCUT2D eigenvalue weighted by Crippen LogP contribution is 2.07. The summed E-state index contributed by atoms with van der Waals surface area (Å²) in [6, 6.07) is 5.93. The summed E-state index contributed by atoms with van der Waals surface area (Å²) in [5, 5.41) is 0. The second-order valence-corrected chi connectivity index (χ2v) is 2.19. The van der Waals surface area contributed by atoms with Gasteiger partial charge in [-0.25, -0.2) is 0 Å². The van der Waals surface area contributed by atoms with Crippen LogP contribution in [-0.2, 0) is 0 Å². The van der Waals surface area contributed by atoms with Gasteiger partial charge in [0.05, 0.1) is 5.69 Å². The third-order valence-corrected chi connectivity index (χ3v) is 1.50. The van der Waals surface area contributed by atoms with Crippen molar-refractivity contribution in [3.63, 3.8) is 0 Å². The van der Waals surface area contributed by atoms with Crippen molar-refractivity contribution < 1.29 is 0 Å². The molecule has 0 aliphatic rings. The first kappa shape index (κ1) is 7.00. The van der Waals surface area contributed by atoms with E-state index >= 15 is 0 Å². The molecule has 0 bridgehead atoms. The number of allylic oxidation sites excluding steroid dienone is 2. The quantitative estimate of drug-likeness (QED) is 0.573. The Balaban J connectivity index is 2.96. The first-order valence-corrected chi connectivity index (χ1v) is 3.39. The molecular formula is C9H11N. The van der Waals surface area contributed by atoms with E-state index in [-0.39, 0.29) is 0 Å². The SMILES string of the molecule is C/C=C(\C)c1ccccn1. The Morgan fingerprint density at radius 1 is 1.50 bits per heavy atom. The minimum atomic E-state index is 1.06. The summed E-state index contributed by atoms with van der Waals surface area (Å²) in [4.78, 5) is 4.18. The number of pyridine rings is 1. The third kappa shape index (κ3) is 1.44. The minimum Gasteiger partial charge on any atom is -0.257 e. The van der Waals surface area contributed by atoms with Gasteiger partial charge in [0.25, 0.3) is 0 Å². The van der Waals surface area contributed by atoms with Gasteiger partial charge in [-0.1, -0.05) is 12.1 Å². The van der Waals surface area contributed by atoms with Gasteiger partial charge in [-0.3, -0.25) is 4.98 Å². The summed E-state index contributed by atoms with van der Waals surface area (Å²) in [6.45, 7) is 4.08. The van der Waals surface area contributed by atoms with Crippen LogP contribution < -0.4 is 0 Å². The summed E-state index contributed by atoms with van der Waals surface area (Å²) in [6.07, 6.45) is 3.87. The van der Waals surface area contributed by atoms with E-state index in [9.17, 15) is 0 Å². The number of hydrogen-bond acceptors (Lipinski definition) is 1. The summed E-state index contributed by atoms with van der Waals surface area (Å²) < 4.78 is 0. The molecule has 0 atom stereocenters. The Hall–Kier alpha value is -1.11. The molecule has 10 heavy (non-hydrogen) atoms. The molecule has 0 saturated heterocycles. The van der Waals surface area contributed by atoms with Gasteiger partial charge in [-0.05, 0) is 31.6 Å². The number of aromatic nitrogens is 1. The van der Waals surface area contributed by atoms with Crippen molar-refractivity contribution >= 4 is 5.57 Å². The van der Waals surface area contributed by atoms with Crippen LogP contribution in [0.25, 0.3) is 5.57 Å². The zero-order chi connectivity index (χ0) is 7.40. The molecule has 1 nitrogen and oxygen atoms in total. The highest BCUT2D eigenvalue weighted by molar-refractivity contribution is 5.59. The molecule has 0 fully saturated rings. The van der Waals surface area contributed by atoms with E-state index in [1.165, 1.54) is 5.57 Å². The van der Waals surface area contributed by atoms with Crippen LogP contribution in [0.3, 0.4) is 0 Å². The molecule has 0 saturated carbocycles. The molecular weight excluding hydrogens is 122 g/mol. The van der Waals surface area contributed by atoms with E-state index in [0.717, 1.165) is 5.69 Å². The number of hydrogen-bond donors (Lipinski definition) is 0. The van der Waals surface area contributed by atoms with Crippen LogP contribution >= 0.6 is 0 Å². The monoisotopic (exact) mass is 133 g/mol. The Morgan fingerprint density at radius 3 is 2.80 bits per heavy atom.